The minimum absolute atomic E-state index is 0.0381. The molecule has 2 rings (SSSR count). The fourth-order valence-corrected chi connectivity index (χ4v) is 2.28. The van der Waals surface area contributed by atoms with Gasteiger partial charge in [0.2, 0.25) is 5.91 Å². The van der Waals surface area contributed by atoms with Crippen LogP contribution in [0.5, 0.6) is 5.75 Å². The van der Waals surface area contributed by atoms with Crippen LogP contribution in [0.1, 0.15) is 24.4 Å². The summed E-state index contributed by atoms with van der Waals surface area (Å²) >= 11 is 0. The van der Waals surface area contributed by atoms with Gasteiger partial charge >= 0.3 is 6.61 Å². The number of benzene rings is 1. The summed E-state index contributed by atoms with van der Waals surface area (Å²) in [6, 6.07) is 5.15. The molecule has 1 saturated heterocycles. The van der Waals surface area contributed by atoms with E-state index in [4.69, 9.17) is 10.5 Å². The van der Waals surface area contributed by atoms with E-state index >= 15 is 0 Å². The molecule has 7 heteroatoms. The van der Waals surface area contributed by atoms with Crippen molar-refractivity contribution in [1.82, 2.24) is 5.32 Å². The molecule has 1 aliphatic rings. The monoisotopic (exact) mass is 300 g/mol. The molecule has 2 atom stereocenters. The van der Waals surface area contributed by atoms with Gasteiger partial charge in [0.1, 0.15) is 11.8 Å². The van der Waals surface area contributed by atoms with Crippen LogP contribution in [0.2, 0.25) is 0 Å². The molecule has 0 bridgehead atoms. The molecular formula is C14H18F2N2O3. The summed E-state index contributed by atoms with van der Waals surface area (Å²) in [5, 5.41) is 3.05. The van der Waals surface area contributed by atoms with Crippen LogP contribution in [-0.2, 0) is 9.53 Å². The van der Waals surface area contributed by atoms with E-state index in [0.717, 1.165) is 19.4 Å². The third-order valence-corrected chi connectivity index (χ3v) is 3.30. The lowest BCUT2D eigenvalue weighted by molar-refractivity contribution is -0.120. The van der Waals surface area contributed by atoms with Gasteiger partial charge in [0, 0.05) is 13.2 Å². The average Bonchev–Trinajstić information content (AvgIpc) is 2.93. The quantitative estimate of drug-likeness (QED) is 0.802. The van der Waals surface area contributed by atoms with E-state index in [1.165, 1.54) is 24.3 Å². The number of alkyl halides is 2. The van der Waals surface area contributed by atoms with Gasteiger partial charge in [-0.3, -0.25) is 10.1 Å². The highest BCUT2D eigenvalue weighted by Gasteiger charge is 2.21. The number of rotatable bonds is 7. The zero-order valence-electron chi connectivity index (χ0n) is 11.4. The van der Waals surface area contributed by atoms with Crippen molar-refractivity contribution in [3.8, 4) is 5.75 Å². The van der Waals surface area contributed by atoms with Crippen LogP contribution in [0.15, 0.2) is 24.3 Å². The minimum Gasteiger partial charge on any atom is -0.435 e. The highest BCUT2D eigenvalue weighted by atomic mass is 19.3. The Bertz CT molecular complexity index is 462. The fraction of sp³-hybridized carbons (Fsp3) is 0.500. The number of amides is 1. The molecule has 3 N–H and O–H groups in total. The Balaban J connectivity index is 1.98. The van der Waals surface area contributed by atoms with E-state index in [1.54, 1.807) is 0 Å². The number of carbonyl (C=O) groups is 1. The summed E-state index contributed by atoms with van der Waals surface area (Å²) in [6.45, 7) is -1.63. The lowest BCUT2D eigenvalue weighted by atomic mass is 10.1. The first-order valence-corrected chi connectivity index (χ1v) is 6.75. The van der Waals surface area contributed by atoms with Crippen molar-refractivity contribution < 1.29 is 23.0 Å². The van der Waals surface area contributed by atoms with E-state index in [9.17, 15) is 13.6 Å². The van der Waals surface area contributed by atoms with Gasteiger partial charge in [-0.25, -0.2) is 0 Å². The highest BCUT2D eigenvalue weighted by molar-refractivity contribution is 5.81. The number of hydrogen-bond acceptors (Lipinski definition) is 4. The molecule has 1 aliphatic heterocycles. The van der Waals surface area contributed by atoms with E-state index in [1.807, 2.05) is 0 Å². The van der Waals surface area contributed by atoms with E-state index in [2.05, 4.69) is 10.1 Å². The smallest absolute Gasteiger partial charge is 0.387 e. The number of nitrogens with two attached hydrogens (primary N) is 1. The second-order valence-electron chi connectivity index (χ2n) is 4.83. The Kier molecular flexibility index (Phi) is 5.46. The number of primary amides is 1. The predicted molar refractivity (Wildman–Crippen MR) is 72.0 cm³/mol. The Morgan fingerprint density at radius 1 is 1.43 bits per heavy atom. The van der Waals surface area contributed by atoms with Crippen LogP contribution >= 0.6 is 0 Å². The molecule has 0 spiro atoms. The molecule has 1 aromatic carbocycles. The van der Waals surface area contributed by atoms with Crippen LogP contribution in [0.4, 0.5) is 8.78 Å². The molecular weight excluding hydrogens is 282 g/mol. The Hall–Kier alpha value is -1.73. The third-order valence-electron chi connectivity index (χ3n) is 3.30. The maximum atomic E-state index is 12.1. The van der Waals surface area contributed by atoms with E-state index < -0.39 is 18.6 Å². The molecule has 1 fully saturated rings. The third kappa shape index (κ3) is 4.64. The standard InChI is InChI=1S/C14H18F2N2O3/c15-14(16)21-10-5-3-9(4-6-10)12(13(17)19)18-8-11-2-1-7-20-11/h3-6,11-12,14,18H,1-2,7-8H2,(H2,17,19). The first-order chi connectivity index (χ1) is 10.1. The lowest BCUT2D eigenvalue weighted by Gasteiger charge is -2.18. The van der Waals surface area contributed by atoms with Crippen molar-refractivity contribution in [1.29, 1.82) is 0 Å². The molecule has 116 valence electrons. The van der Waals surface area contributed by atoms with Crippen molar-refractivity contribution >= 4 is 5.91 Å². The minimum atomic E-state index is -2.87. The molecule has 1 aromatic rings. The van der Waals surface area contributed by atoms with Crippen molar-refractivity contribution in [2.75, 3.05) is 13.2 Å². The SMILES string of the molecule is NC(=O)C(NCC1CCCO1)c1ccc(OC(F)F)cc1. The first kappa shape index (κ1) is 15.7. The average molecular weight is 300 g/mol. The van der Waals surface area contributed by atoms with Crippen LogP contribution in [0.25, 0.3) is 0 Å². The molecule has 1 amide bonds. The molecule has 0 radical (unpaired) electrons. The lowest BCUT2D eigenvalue weighted by Crippen LogP contribution is -2.37. The van der Waals surface area contributed by atoms with Crippen LogP contribution in [0, 0.1) is 0 Å². The Morgan fingerprint density at radius 2 is 2.14 bits per heavy atom. The van der Waals surface area contributed by atoms with Crippen molar-refractivity contribution in [3.05, 3.63) is 29.8 Å². The van der Waals surface area contributed by atoms with Crippen molar-refractivity contribution in [3.63, 3.8) is 0 Å². The number of halogens is 2. The zero-order valence-corrected chi connectivity index (χ0v) is 11.4. The molecule has 5 nitrogen and oxygen atoms in total. The van der Waals surface area contributed by atoms with Gasteiger partial charge in [-0.05, 0) is 30.5 Å². The van der Waals surface area contributed by atoms with Gasteiger partial charge in [0.25, 0.3) is 0 Å². The molecule has 0 aromatic heterocycles. The first-order valence-electron chi connectivity index (χ1n) is 6.75. The van der Waals surface area contributed by atoms with Gasteiger partial charge in [0.05, 0.1) is 6.10 Å². The van der Waals surface area contributed by atoms with E-state index in [0.29, 0.717) is 12.1 Å². The Morgan fingerprint density at radius 3 is 2.67 bits per heavy atom. The fourth-order valence-electron chi connectivity index (χ4n) is 2.28. The summed E-state index contributed by atoms with van der Waals surface area (Å²) in [5.41, 5.74) is 5.98. The zero-order chi connectivity index (χ0) is 15.2. The van der Waals surface area contributed by atoms with Crippen molar-refractivity contribution in [2.24, 2.45) is 5.73 Å². The topological polar surface area (TPSA) is 73.6 Å². The second-order valence-corrected chi connectivity index (χ2v) is 4.83. The maximum absolute atomic E-state index is 12.1. The summed E-state index contributed by atoms with van der Waals surface area (Å²) in [4.78, 5) is 11.5. The molecule has 21 heavy (non-hydrogen) atoms. The largest absolute Gasteiger partial charge is 0.435 e. The van der Waals surface area contributed by atoms with Crippen LogP contribution < -0.4 is 15.8 Å². The van der Waals surface area contributed by atoms with Gasteiger partial charge in [0.15, 0.2) is 0 Å². The van der Waals surface area contributed by atoms with Gasteiger partial charge in [-0.1, -0.05) is 12.1 Å². The van der Waals surface area contributed by atoms with E-state index in [-0.39, 0.29) is 11.9 Å². The molecule has 1 heterocycles. The van der Waals surface area contributed by atoms with Gasteiger partial charge in [-0.2, -0.15) is 8.78 Å². The highest BCUT2D eigenvalue weighted by Crippen LogP contribution is 2.20. The van der Waals surface area contributed by atoms with Crippen molar-refractivity contribution in [2.45, 2.75) is 31.6 Å². The number of carbonyl (C=O) groups excluding carboxylic acids is 1. The molecule has 0 aliphatic carbocycles. The summed E-state index contributed by atoms with van der Waals surface area (Å²) in [5.74, 6) is -0.494. The summed E-state index contributed by atoms with van der Waals surface area (Å²) < 4.78 is 33.9. The Labute approximate surface area is 121 Å². The van der Waals surface area contributed by atoms with Crippen LogP contribution in [-0.4, -0.2) is 31.8 Å². The van der Waals surface area contributed by atoms with Crippen LogP contribution in [0.3, 0.4) is 0 Å². The predicted octanol–water partition coefficient (Wildman–Crippen LogP) is 1.58. The summed E-state index contributed by atoms with van der Waals surface area (Å²) in [7, 11) is 0. The maximum Gasteiger partial charge on any atom is 0.387 e. The number of hydrogen-bond donors (Lipinski definition) is 2. The molecule has 2 unspecified atom stereocenters. The second kappa shape index (κ2) is 7.33. The number of nitrogens with one attached hydrogen (secondary N) is 1. The van der Waals surface area contributed by atoms with Gasteiger partial charge in [-0.15, -0.1) is 0 Å². The van der Waals surface area contributed by atoms with Gasteiger partial charge < -0.3 is 15.2 Å². The molecule has 0 saturated carbocycles. The normalized spacial score (nSPS) is 19.7. The summed E-state index contributed by atoms with van der Waals surface area (Å²) in [6.07, 6.45) is 2.03. The number of ether oxygens (including phenoxy) is 2.